The highest BCUT2D eigenvalue weighted by atomic mass is 35.5. The summed E-state index contributed by atoms with van der Waals surface area (Å²) in [6, 6.07) is 7.76. The van der Waals surface area contributed by atoms with Crippen LogP contribution >= 0.6 is 11.6 Å². The van der Waals surface area contributed by atoms with Crippen LogP contribution in [0.5, 0.6) is 5.75 Å². The summed E-state index contributed by atoms with van der Waals surface area (Å²) in [5.41, 5.74) is 3.88. The van der Waals surface area contributed by atoms with E-state index in [1.54, 1.807) is 18.7 Å². The van der Waals surface area contributed by atoms with Crippen LogP contribution in [0.3, 0.4) is 0 Å². The lowest BCUT2D eigenvalue weighted by atomic mass is 10.1. The quantitative estimate of drug-likeness (QED) is 0.384. The molecule has 34 heavy (non-hydrogen) atoms. The highest BCUT2D eigenvalue weighted by Gasteiger charge is 2.27. The normalized spacial score (nSPS) is 14.1. The number of carbonyl (C=O) groups excluding carboxylic acids is 2. The zero-order valence-electron chi connectivity index (χ0n) is 18.6. The lowest BCUT2D eigenvalue weighted by molar-refractivity contribution is -0.148. The van der Waals surface area contributed by atoms with Crippen LogP contribution in [0.15, 0.2) is 55.4 Å². The van der Waals surface area contributed by atoms with Gasteiger partial charge in [-0.05, 0) is 31.0 Å². The highest BCUT2D eigenvalue weighted by molar-refractivity contribution is 6.31. The van der Waals surface area contributed by atoms with Gasteiger partial charge in [-0.2, -0.15) is 0 Å². The van der Waals surface area contributed by atoms with Gasteiger partial charge in [0.15, 0.2) is 0 Å². The Morgan fingerprint density at radius 2 is 1.94 bits per heavy atom. The van der Waals surface area contributed by atoms with Crippen LogP contribution in [0.1, 0.15) is 36.1 Å². The van der Waals surface area contributed by atoms with Gasteiger partial charge in [-0.3, -0.25) is 19.5 Å². The molecule has 1 aliphatic heterocycles. The molecule has 0 atom stereocenters. The van der Waals surface area contributed by atoms with Crippen LogP contribution in [0.2, 0.25) is 5.02 Å². The van der Waals surface area contributed by atoms with Gasteiger partial charge in [0.2, 0.25) is 11.8 Å². The molecule has 1 saturated heterocycles. The first kappa shape index (κ1) is 22.0. The van der Waals surface area contributed by atoms with Crippen molar-refractivity contribution in [2.24, 2.45) is 0 Å². The van der Waals surface area contributed by atoms with Gasteiger partial charge in [0.25, 0.3) is 0 Å². The number of fused-ring (bicyclic) bond motifs is 1. The standard InChI is InChI=1S/C25H22ClN5O3/c1-16-10-21(30-9-8-27-15-30)18-4-2-5-22(25(18)29-16)34-14-19-17(11-28-12-20(19)26)13-31-23(32)6-3-7-24(31)33/h2,4-5,8-12,15H,3,6-7,13-14H2,1H3. The largest absolute Gasteiger partial charge is 0.487 e. The van der Waals surface area contributed by atoms with Gasteiger partial charge in [-0.25, -0.2) is 9.97 Å². The SMILES string of the molecule is Cc1cc(-n2ccnc2)c2cccc(OCc3c(Cl)cncc3CN3C(=O)CCCC3=O)c2n1. The van der Waals surface area contributed by atoms with Gasteiger partial charge in [0.05, 0.1) is 23.6 Å². The number of amides is 2. The summed E-state index contributed by atoms with van der Waals surface area (Å²) in [7, 11) is 0. The molecule has 9 heteroatoms. The Labute approximate surface area is 201 Å². The third-order valence-electron chi connectivity index (χ3n) is 5.87. The maximum Gasteiger partial charge on any atom is 0.229 e. The fraction of sp³-hybridized carbons (Fsp3) is 0.240. The van der Waals surface area contributed by atoms with Crippen LogP contribution in [-0.4, -0.2) is 36.2 Å². The van der Waals surface area contributed by atoms with E-state index >= 15 is 0 Å². The number of carbonyl (C=O) groups is 2. The average Bonchev–Trinajstić information content (AvgIpc) is 3.35. The zero-order chi connectivity index (χ0) is 23.7. The van der Waals surface area contributed by atoms with Gasteiger partial charge in [0.1, 0.15) is 17.9 Å². The molecule has 5 rings (SSSR count). The molecule has 0 aliphatic carbocycles. The molecular weight excluding hydrogens is 454 g/mol. The number of hydrogen-bond donors (Lipinski definition) is 0. The molecule has 0 saturated carbocycles. The second kappa shape index (κ2) is 9.23. The Morgan fingerprint density at radius 3 is 2.71 bits per heavy atom. The molecule has 1 aliphatic rings. The van der Waals surface area contributed by atoms with Gasteiger partial charge in [-0.1, -0.05) is 23.7 Å². The van der Waals surface area contributed by atoms with Crippen molar-refractivity contribution in [3.05, 3.63) is 77.2 Å². The Morgan fingerprint density at radius 1 is 1.12 bits per heavy atom. The number of piperidine rings is 1. The molecule has 1 fully saturated rings. The van der Waals surface area contributed by atoms with E-state index in [-0.39, 0.29) is 25.0 Å². The molecule has 0 radical (unpaired) electrons. The molecule has 0 N–H and O–H groups in total. The maximum absolute atomic E-state index is 12.3. The molecule has 0 spiro atoms. The summed E-state index contributed by atoms with van der Waals surface area (Å²) >= 11 is 6.47. The van der Waals surface area contributed by atoms with E-state index in [0.717, 1.165) is 22.3 Å². The fourth-order valence-electron chi connectivity index (χ4n) is 4.16. The van der Waals surface area contributed by atoms with Crippen molar-refractivity contribution >= 4 is 34.3 Å². The Hall–Kier alpha value is -3.78. The minimum Gasteiger partial charge on any atom is -0.487 e. The van der Waals surface area contributed by atoms with Crippen molar-refractivity contribution in [3.8, 4) is 11.4 Å². The number of imide groups is 1. The molecule has 172 valence electrons. The number of nitrogens with zero attached hydrogens (tertiary/aromatic N) is 5. The molecule has 1 aromatic carbocycles. The van der Waals surface area contributed by atoms with E-state index in [0.29, 0.717) is 41.2 Å². The Balaban J connectivity index is 1.46. The number of rotatable bonds is 6. The third-order valence-corrected chi connectivity index (χ3v) is 6.20. The summed E-state index contributed by atoms with van der Waals surface area (Å²) < 4.78 is 8.14. The molecule has 2 amide bonds. The van der Waals surface area contributed by atoms with Crippen LogP contribution in [-0.2, 0) is 22.7 Å². The number of imidazole rings is 1. The van der Waals surface area contributed by atoms with Gasteiger partial charge in [-0.15, -0.1) is 0 Å². The number of aromatic nitrogens is 4. The zero-order valence-corrected chi connectivity index (χ0v) is 19.3. The minimum atomic E-state index is -0.177. The number of pyridine rings is 2. The van der Waals surface area contributed by atoms with Crippen molar-refractivity contribution < 1.29 is 14.3 Å². The Bertz CT molecular complexity index is 1370. The smallest absolute Gasteiger partial charge is 0.229 e. The second-order valence-electron chi connectivity index (χ2n) is 8.18. The first-order valence-electron chi connectivity index (χ1n) is 11.0. The monoisotopic (exact) mass is 475 g/mol. The molecule has 3 aromatic heterocycles. The number of aryl methyl sites for hydroxylation is 1. The number of para-hydroxylation sites is 1. The summed E-state index contributed by atoms with van der Waals surface area (Å²) in [6.07, 6.45) is 9.84. The molecular formula is C25H22ClN5O3. The molecule has 8 nitrogen and oxygen atoms in total. The van der Waals surface area contributed by atoms with E-state index < -0.39 is 0 Å². The van der Waals surface area contributed by atoms with Crippen molar-refractivity contribution in [3.63, 3.8) is 0 Å². The van der Waals surface area contributed by atoms with Crippen LogP contribution in [0, 0.1) is 6.92 Å². The summed E-state index contributed by atoms with van der Waals surface area (Å²) in [6.45, 7) is 2.20. The van der Waals surface area contributed by atoms with Crippen LogP contribution in [0.4, 0.5) is 0 Å². The van der Waals surface area contributed by atoms with Gasteiger partial charge in [0, 0.05) is 54.3 Å². The number of likely N-dealkylation sites (tertiary alicyclic amines) is 1. The van der Waals surface area contributed by atoms with Gasteiger partial charge < -0.3 is 9.30 Å². The highest BCUT2D eigenvalue weighted by Crippen LogP contribution is 2.31. The number of hydrogen-bond acceptors (Lipinski definition) is 6. The van der Waals surface area contributed by atoms with E-state index in [1.165, 1.54) is 11.1 Å². The lowest BCUT2D eigenvalue weighted by Gasteiger charge is -2.26. The van der Waals surface area contributed by atoms with E-state index in [1.807, 2.05) is 42.0 Å². The topological polar surface area (TPSA) is 90.2 Å². The average molecular weight is 476 g/mol. The van der Waals surface area contributed by atoms with Gasteiger partial charge >= 0.3 is 0 Å². The molecule has 4 heterocycles. The predicted octanol–water partition coefficient (Wildman–Crippen LogP) is 4.40. The first-order valence-corrected chi connectivity index (χ1v) is 11.3. The number of benzene rings is 1. The maximum atomic E-state index is 12.3. The third kappa shape index (κ3) is 4.24. The summed E-state index contributed by atoms with van der Waals surface area (Å²) in [4.78, 5) is 38.9. The summed E-state index contributed by atoms with van der Waals surface area (Å²) in [5, 5.41) is 1.34. The molecule has 4 aromatic rings. The number of ether oxygens (including phenoxy) is 1. The van der Waals surface area contributed by atoms with Crippen molar-refractivity contribution in [2.75, 3.05) is 0 Å². The van der Waals surface area contributed by atoms with Crippen molar-refractivity contribution in [2.45, 2.75) is 39.3 Å². The van der Waals surface area contributed by atoms with Crippen molar-refractivity contribution in [1.29, 1.82) is 0 Å². The summed E-state index contributed by atoms with van der Waals surface area (Å²) in [5.74, 6) is 0.249. The minimum absolute atomic E-state index is 0.127. The fourth-order valence-corrected chi connectivity index (χ4v) is 4.39. The van der Waals surface area contributed by atoms with E-state index in [9.17, 15) is 9.59 Å². The van der Waals surface area contributed by atoms with Crippen LogP contribution in [0.25, 0.3) is 16.6 Å². The lowest BCUT2D eigenvalue weighted by Crippen LogP contribution is -2.39. The molecule has 0 unspecified atom stereocenters. The van der Waals surface area contributed by atoms with E-state index in [2.05, 4.69) is 9.97 Å². The van der Waals surface area contributed by atoms with E-state index in [4.69, 9.17) is 21.3 Å². The predicted molar refractivity (Wildman–Crippen MR) is 127 cm³/mol. The number of halogens is 1. The van der Waals surface area contributed by atoms with Crippen molar-refractivity contribution in [1.82, 2.24) is 24.4 Å². The first-order chi connectivity index (χ1) is 16.5. The Kier molecular flexibility index (Phi) is 5.98. The second-order valence-corrected chi connectivity index (χ2v) is 8.59. The molecule has 0 bridgehead atoms. The van der Waals surface area contributed by atoms with Crippen LogP contribution < -0.4 is 4.74 Å².